The van der Waals surface area contributed by atoms with E-state index in [9.17, 15) is 4.79 Å². The largest absolute Gasteiger partial charge is 0.325 e. The van der Waals surface area contributed by atoms with Gasteiger partial charge in [0, 0.05) is 18.4 Å². The summed E-state index contributed by atoms with van der Waals surface area (Å²) in [6.07, 6.45) is 8.53. The quantitative estimate of drug-likeness (QED) is 0.721. The van der Waals surface area contributed by atoms with Crippen LogP contribution in [-0.4, -0.2) is 11.3 Å². The molecule has 0 aliphatic heterocycles. The monoisotopic (exact) mass is 181 g/mol. The molecule has 0 atom stereocenters. The van der Waals surface area contributed by atoms with Crippen molar-refractivity contribution in [1.82, 2.24) is 0 Å². The van der Waals surface area contributed by atoms with Gasteiger partial charge < -0.3 is 5.73 Å². The molecule has 2 fully saturated rings. The Hall–Kier alpha value is -0.370. The number of hydrogen-bond acceptors (Lipinski definition) is 2. The predicted molar refractivity (Wildman–Crippen MR) is 52.4 cm³/mol. The molecule has 0 aromatic carbocycles. The van der Waals surface area contributed by atoms with Crippen molar-refractivity contribution in [1.29, 1.82) is 0 Å². The Morgan fingerprint density at radius 1 is 1.31 bits per heavy atom. The molecular formula is C11H19NO. The summed E-state index contributed by atoms with van der Waals surface area (Å²) in [6, 6.07) is 0. The number of Topliss-reactive ketones (excluding diaryl/α,β-unsaturated/α-hetero) is 1. The molecule has 0 unspecified atom stereocenters. The topological polar surface area (TPSA) is 43.1 Å². The molecule has 2 heteroatoms. The maximum atomic E-state index is 11.6. The van der Waals surface area contributed by atoms with Crippen LogP contribution in [0.25, 0.3) is 0 Å². The molecule has 0 heterocycles. The van der Waals surface area contributed by atoms with Crippen LogP contribution >= 0.6 is 0 Å². The third-order valence-electron chi connectivity index (χ3n) is 3.36. The van der Waals surface area contributed by atoms with E-state index in [-0.39, 0.29) is 5.54 Å². The summed E-state index contributed by atoms with van der Waals surface area (Å²) in [5.74, 6) is 1.13. The standard InChI is InChI=1S/C11H19NO/c12-11(5-1-2-6-11)8-10(13)7-9-3-4-9/h9H,1-8,12H2. The molecule has 2 aliphatic rings. The summed E-state index contributed by atoms with van der Waals surface area (Å²) in [6.45, 7) is 0. The second kappa shape index (κ2) is 3.41. The lowest BCUT2D eigenvalue weighted by atomic mass is 9.91. The van der Waals surface area contributed by atoms with Gasteiger partial charge in [-0.1, -0.05) is 12.8 Å². The Balaban J connectivity index is 1.77. The van der Waals surface area contributed by atoms with Crippen molar-refractivity contribution >= 4 is 5.78 Å². The molecule has 74 valence electrons. The van der Waals surface area contributed by atoms with Gasteiger partial charge in [0.25, 0.3) is 0 Å². The first-order chi connectivity index (χ1) is 6.18. The second-order valence-electron chi connectivity index (χ2n) is 4.93. The van der Waals surface area contributed by atoms with Gasteiger partial charge in [0.05, 0.1) is 0 Å². The Bertz CT molecular complexity index is 202. The van der Waals surface area contributed by atoms with Gasteiger partial charge in [0.15, 0.2) is 0 Å². The Morgan fingerprint density at radius 3 is 2.46 bits per heavy atom. The number of rotatable bonds is 4. The molecule has 0 aromatic rings. The predicted octanol–water partition coefficient (Wildman–Crippen LogP) is 2.02. The van der Waals surface area contributed by atoms with Crippen molar-refractivity contribution in [2.24, 2.45) is 11.7 Å². The van der Waals surface area contributed by atoms with Crippen LogP contribution in [0, 0.1) is 5.92 Å². The first kappa shape index (κ1) is 9.20. The average molecular weight is 181 g/mol. The molecule has 13 heavy (non-hydrogen) atoms. The van der Waals surface area contributed by atoms with Crippen molar-refractivity contribution < 1.29 is 4.79 Å². The highest BCUT2D eigenvalue weighted by Crippen LogP contribution is 2.35. The van der Waals surface area contributed by atoms with Crippen molar-refractivity contribution in [3.63, 3.8) is 0 Å². The summed E-state index contributed by atoms with van der Waals surface area (Å²) >= 11 is 0. The average Bonchev–Trinajstić information content (AvgIpc) is 2.74. The smallest absolute Gasteiger partial charge is 0.135 e. The molecule has 2 saturated carbocycles. The summed E-state index contributed by atoms with van der Waals surface area (Å²) in [5, 5.41) is 0. The zero-order valence-corrected chi connectivity index (χ0v) is 8.22. The van der Waals surface area contributed by atoms with E-state index in [0.29, 0.717) is 12.2 Å². The minimum absolute atomic E-state index is 0.119. The van der Waals surface area contributed by atoms with Crippen LogP contribution in [0.1, 0.15) is 51.4 Å². The van der Waals surface area contributed by atoms with E-state index in [1.807, 2.05) is 0 Å². The highest BCUT2D eigenvalue weighted by atomic mass is 16.1. The normalized spacial score (nSPS) is 26.2. The van der Waals surface area contributed by atoms with Gasteiger partial charge in [0.1, 0.15) is 5.78 Å². The van der Waals surface area contributed by atoms with Gasteiger partial charge in [-0.15, -0.1) is 0 Å². The summed E-state index contributed by atoms with van der Waals surface area (Å²) in [4.78, 5) is 11.6. The Kier molecular flexibility index (Phi) is 2.41. The minimum atomic E-state index is -0.119. The van der Waals surface area contributed by atoms with Crippen LogP contribution in [-0.2, 0) is 4.79 Å². The number of hydrogen-bond donors (Lipinski definition) is 1. The van der Waals surface area contributed by atoms with E-state index in [4.69, 9.17) is 5.73 Å². The third kappa shape index (κ3) is 2.53. The maximum absolute atomic E-state index is 11.6. The molecule has 2 nitrogen and oxygen atoms in total. The number of carbonyl (C=O) groups excluding carboxylic acids is 1. The first-order valence-electron chi connectivity index (χ1n) is 5.49. The number of ketones is 1. The van der Waals surface area contributed by atoms with Gasteiger partial charge in [-0.2, -0.15) is 0 Å². The molecule has 2 rings (SSSR count). The van der Waals surface area contributed by atoms with Crippen LogP contribution in [0.2, 0.25) is 0 Å². The van der Waals surface area contributed by atoms with Gasteiger partial charge >= 0.3 is 0 Å². The summed E-state index contributed by atoms with van der Waals surface area (Å²) in [7, 11) is 0. The van der Waals surface area contributed by atoms with Crippen LogP contribution in [0.15, 0.2) is 0 Å². The van der Waals surface area contributed by atoms with E-state index in [1.165, 1.54) is 25.7 Å². The van der Waals surface area contributed by atoms with Gasteiger partial charge in [-0.3, -0.25) is 4.79 Å². The second-order valence-corrected chi connectivity index (χ2v) is 4.93. The number of nitrogens with two attached hydrogens (primary N) is 1. The maximum Gasteiger partial charge on any atom is 0.135 e. The highest BCUT2D eigenvalue weighted by Gasteiger charge is 2.33. The van der Waals surface area contributed by atoms with Crippen LogP contribution in [0.4, 0.5) is 0 Å². The lowest BCUT2D eigenvalue weighted by Gasteiger charge is -2.22. The van der Waals surface area contributed by atoms with E-state index in [0.717, 1.165) is 25.2 Å². The lowest BCUT2D eigenvalue weighted by molar-refractivity contribution is -0.120. The minimum Gasteiger partial charge on any atom is -0.325 e. The fourth-order valence-corrected chi connectivity index (χ4v) is 2.36. The molecule has 0 amide bonds. The van der Waals surface area contributed by atoms with E-state index < -0.39 is 0 Å². The van der Waals surface area contributed by atoms with E-state index in [2.05, 4.69) is 0 Å². The van der Waals surface area contributed by atoms with Crippen LogP contribution < -0.4 is 5.73 Å². The van der Waals surface area contributed by atoms with Crippen LogP contribution in [0.3, 0.4) is 0 Å². The fraction of sp³-hybridized carbons (Fsp3) is 0.909. The third-order valence-corrected chi connectivity index (χ3v) is 3.36. The van der Waals surface area contributed by atoms with Gasteiger partial charge in [-0.05, 0) is 31.6 Å². The summed E-state index contributed by atoms with van der Waals surface area (Å²) < 4.78 is 0. The molecule has 0 spiro atoms. The van der Waals surface area contributed by atoms with Crippen molar-refractivity contribution in [3.05, 3.63) is 0 Å². The van der Waals surface area contributed by atoms with Crippen LogP contribution in [0.5, 0.6) is 0 Å². The van der Waals surface area contributed by atoms with Gasteiger partial charge in [0.2, 0.25) is 0 Å². The Morgan fingerprint density at radius 2 is 1.92 bits per heavy atom. The van der Waals surface area contributed by atoms with Crippen molar-refractivity contribution in [2.75, 3.05) is 0 Å². The van der Waals surface area contributed by atoms with Gasteiger partial charge in [-0.25, -0.2) is 0 Å². The summed E-state index contributed by atoms with van der Waals surface area (Å²) in [5.41, 5.74) is 6.02. The first-order valence-corrected chi connectivity index (χ1v) is 5.49. The Labute approximate surface area is 79.9 Å². The lowest BCUT2D eigenvalue weighted by Crippen LogP contribution is -2.38. The highest BCUT2D eigenvalue weighted by molar-refractivity contribution is 5.80. The fourth-order valence-electron chi connectivity index (χ4n) is 2.36. The van der Waals surface area contributed by atoms with Crippen molar-refractivity contribution in [2.45, 2.75) is 56.9 Å². The molecule has 0 aromatic heterocycles. The molecule has 0 saturated heterocycles. The molecule has 0 bridgehead atoms. The molecular weight excluding hydrogens is 162 g/mol. The van der Waals surface area contributed by atoms with E-state index >= 15 is 0 Å². The van der Waals surface area contributed by atoms with Crippen molar-refractivity contribution in [3.8, 4) is 0 Å². The van der Waals surface area contributed by atoms with E-state index in [1.54, 1.807) is 0 Å². The molecule has 0 radical (unpaired) electrons. The zero-order chi connectivity index (χ0) is 9.31. The molecule has 2 aliphatic carbocycles. The molecule has 2 N–H and O–H groups in total. The zero-order valence-electron chi connectivity index (χ0n) is 8.22. The SMILES string of the molecule is NC1(CC(=O)CC2CC2)CCCC1. The number of carbonyl (C=O) groups is 1.